The third-order valence-corrected chi connectivity index (χ3v) is 6.17. The highest BCUT2D eigenvalue weighted by atomic mass is 35.5. The fourth-order valence-corrected chi connectivity index (χ4v) is 4.34. The van der Waals surface area contributed by atoms with Gasteiger partial charge in [0, 0.05) is 25.2 Å². The second kappa shape index (κ2) is 8.38. The van der Waals surface area contributed by atoms with E-state index in [1.807, 2.05) is 0 Å². The number of carbonyl (C=O) groups is 2. The fourth-order valence-electron chi connectivity index (χ4n) is 3.06. The Bertz CT molecular complexity index is 1070. The van der Waals surface area contributed by atoms with Gasteiger partial charge in [0.05, 0.1) is 21.7 Å². The molecule has 0 aliphatic carbocycles. The van der Waals surface area contributed by atoms with Crippen LogP contribution in [0.15, 0.2) is 41.3 Å². The summed E-state index contributed by atoms with van der Waals surface area (Å²) in [5.41, 5.74) is -0.276. The van der Waals surface area contributed by atoms with Gasteiger partial charge in [0.15, 0.2) is 0 Å². The van der Waals surface area contributed by atoms with Gasteiger partial charge in [-0.1, -0.05) is 11.6 Å². The number of nitrogens with one attached hydrogen (secondary N) is 2. The second-order valence-corrected chi connectivity index (χ2v) is 8.63. The summed E-state index contributed by atoms with van der Waals surface area (Å²) in [5.74, 6) is -1.87. The first-order chi connectivity index (χ1) is 13.7. The number of halogens is 2. The van der Waals surface area contributed by atoms with E-state index in [-0.39, 0.29) is 26.7 Å². The van der Waals surface area contributed by atoms with Crippen LogP contribution in [0.3, 0.4) is 0 Å². The zero-order chi connectivity index (χ0) is 21.2. The van der Waals surface area contributed by atoms with Crippen molar-refractivity contribution in [2.24, 2.45) is 0 Å². The van der Waals surface area contributed by atoms with Crippen LogP contribution in [-0.4, -0.2) is 45.3 Å². The average Bonchev–Trinajstić information content (AvgIpc) is 3.23. The van der Waals surface area contributed by atoms with Crippen LogP contribution in [0.5, 0.6) is 0 Å². The lowest BCUT2D eigenvalue weighted by molar-refractivity contribution is 0.0787. The van der Waals surface area contributed by atoms with Gasteiger partial charge in [0.25, 0.3) is 21.8 Å². The largest absolute Gasteiger partial charge is 0.355 e. The number of rotatable bonds is 5. The van der Waals surface area contributed by atoms with E-state index >= 15 is 0 Å². The zero-order valence-electron chi connectivity index (χ0n) is 15.5. The standard InChI is InChI=1S/C19H19ClFN3O4S/c1-22-18(25)15-10-12(20)4-7-17(15)23-29(27,28)13-5-6-16(21)14(11-13)19(26)24-8-2-3-9-24/h4-7,10-11,23H,2-3,8-9H2,1H3,(H,22,25). The van der Waals surface area contributed by atoms with Gasteiger partial charge in [-0.3, -0.25) is 14.3 Å². The highest BCUT2D eigenvalue weighted by molar-refractivity contribution is 7.92. The van der Waals surface area contributed by atoms with Crippen LogP contribution in [0, 0.1) is 5.82 Å². The molecule has 0 spiro atoms. The lowest BCUT2D eigenvalue weighted by Gasteiger charge is -2.17. The summed E-state index contributed by atoms with van der Waals surface area (Å²) in [6.07, 6.45) is 1.65. The summed E-state index contributed by atoms with van der Waals surface area (Å²) in [5, 5.41) is 2.66. The molecule has 0 atom stereocenters. The van der Waals surface area contributed by atoms with Crippen molar-refractivity contribution in [2.45, 2.75) is 17.7 Å². The van der Waals surface area contributed by atoms with E-state index in [1.165, 1.54) is 30.1 Å². The van der Waals surface area contributed by atoms with E-state index in [2.05, 4.69) is 10.0 Å². The Balaban J connectivity index is 1.96. The molecule has 29 heavy (non-hydrogen) atoms. The molecule has 3 rings (SSSR count). The smallest absolute Gasteiger partial charge is 0.261 e. The fraction of sp³-hybridized carbons (Fsp3) is 0.263. The minimum Gasteiger partial charge on any atom is -0.355 e. The number of benzene rings is 2. The molecule has 154 valence electrons. The maximum atomic E-state index is 14.2. The first-order valence-electron chi connectivity index (χ1n) is 8.86. The van der Waals surface area contributed by atoms with E-state index in [4.69, 9.17) is 11.6 Å². The highest BCUT2D eigenvalue weighted by Gasteiger charge is 2.25. The van der Waals surface area contributed by atoms with Gasteiger partial charge in [0.1, 0.15) is 5.82 Å². The van der Waals surface area contributed by atoms with Crippen LogP contribution in [0.4, 0.5) is 10.1 Å². The van der Waals surface area contributed by atoms with Crippen LogP contribution in [0.2, 0.25) is 5.02 Å². The third kappa shape index (κ3) is 4.51. The Morgan fingerprint density at radius 3 is 2.41 bits per heavy atom. The molecule has 1 saturated heterocycles. The Kier molecular flexibility index (Phi) is 6.09. The van der Waals surface area contributed by atoms with Gasteiger partial charge in [-0.2, -0.15) is 0 Å². The molecule has 2 aromatic rings. The Labute approximate surface area is 172 Å². The van der Waals surface area contributed by atoms with Crippen LogP contribution in [0.25, 0.3) is 0 Å². The predicted molar refractivity (Wildman–Crippen MR) is 107 cm³/mol. The number of hydrogen-bond donors (Lipinski definition) is 2. The second-order valence-electron chi connectivity index (χ2n) is 6.52. The van der Waals surface area contributed by atoms with E-state index in [9.17, 15) is 22.4 Å². The van der Waals surface area contributed by atoms with Gasteiger partial charge in [-0.25, -0.2) is 12.8 Å². The first kappa shape index (κ1) is 21.1. The van der Waals surface area contributed by atoms with Crippen LogP contribution >= 0.6 is 11.6 Å². The third-order valence-electron chi connectivity index (χ3n) is 4.57. The normalized spacial score (nSPS) is 14.0. The molecule has 0 saturated carbocycles. The van der Waals surface area contributed by atoms with E-state index in [0.717, 1.165) is 31.0 Å². The topological polar surface area (TPSA) is 95.6 Å². The first-order valence-corrected chi connectivity index (χ1v) is 10.7. The van der Waals surface area contributed by atoms with Gasteiger partial charge in [-0.15, -0.1) is 0 Å². The number of anilines is 1. The Hall–Kier alpha value is -2.65. The SMILES string of the molecule is CNC(=O)c1cc(Cl)ccc1NS(=O)(=O)c1ccc(F)c(C(=O)N2CCCC2)c1. The van der Waals surface area contributed by atoms with E-state index in [0.29, 0.717) is 13.1 Å². The van der Waals surface area contributed by atoms with Crippen molar-refractivity contribution in [1.29, 1.82) is 0 Å². The minimum atomic E-state index is -4.20. The van der Waals surface area contributed by atoms with Crippen molar-refractivity contribution in [3.8, 4) is 0 Å². The molecule has 2 N–H and O–H groups in total. The molecule has 2 aromatic carbocycles. The Morgan fingerprint density at radius 2 is 1.76 bits per heavy atom. The van der Waals surface area contributed by atoms with Gasteiger partial charge < -0.3 is 10.2 Å². The van der Waals surface area contributed by atoms with Crippen molar-refractivity contribution in [1.82, 2.24) is 10.2 Å². The van der Waals surface area contributed by atoms with Gasteiger partial charge in [-0.05, 0) is 49.2 Å². The summed E-state index contributed by atoms with van der Waals surface area (Å²) in [7, 11) is -2.80. The molecule has 7 nitrogen and oxygen atoms in total. The summed E-state index contributed by atoms with van der Waals surface area (Å²) in [4.78, 5) is 25.8. The van der Waals surface area contributed by atoms with Crippen molar-refractivity contribution >= 4 is 39.1 Å². The number of sulfonamides is 1. The van der Waals surface area contributed by atoms with Crippen LogP contribution < -0.4 is 10.0 Å². The molecule has 1 aliphatic heterocycles. The van der Waals surface area contributed by atoms with E-state index < -0.39 is 27.7 Å². The summed E-state index contributed by atoms with van der Waals surface area (Å²) < 4.78 is 42.2. The maximum absolute atomic E-state index is 14.2. The van der Waals surface area contributed by atoms with Crippen molar-refractivity contribution in [3.63, 3.8) is 0 Å². The number of amides is 2. The molecule has 0 bridgehead atoms. The number of carbonyl (C=O) groups excluding carboxylic acids is 2. The van der Waals surface area contributed by atoms with Crippen LogP contribution in [0.1, 0.15) is 33.6 Å². The minimum absolute atomic E-state index is 0.00509. The molecular formula is C19H19ClFN3O4S. The predicted octanol–water partition coefficient (Wildman–Crippen LogP) is 2.88. The van der Waals surface area contributed by atoms with Crippen molar-refractivity contribution < 1.29 is 22.4 Å². The number of nitrogens with zero attached hydrogens (tertiary/aromatic N) is 1. The van der Waals surface area contributed by atoms with Crippen molar-refractivity contribution in [2.75, 3.05) is 24.9 Å². The van der Waals surface area contributed by atoms with E-state index in [1.54, 1.807) is 0 Å². The van der Waals surface area contributed by atoms with Gasteiger partial charge in [0.2, 0.25) is 0 Å². The molecule has 1 aliphatic rings. The molecular weight excluding hydrogens is 421 g/mol. The number of hydrogen-bond acceptors (Lipinski definition) is 4. The summed E-state index contributed by atoms with van der Waals surface area (Å²) in [6, 6.07) is 7.12. The van der Waals surface area contributed by atoms with Crippen LogP contribution in [-0.2, 0) is 10.0 Å². The highest BCUT2D eigenvalue weighted by Crippen LogP contribution is 2.25. The maximum Gasteiger partial charge on any atom is 0.261 e. The van der Waals surface area contributed by atoms with Gasteiger partial charge >= 0.3 is 0 Å². The molecule has 2 amide bonds. The zero-order valence-corrected chi connectivity index (χ0v) is 17.1. The average molecular weight is 440 g/mol. The Morgan fingerprint density at radius 1 is 1.07 bits per heavy atom. The monoisotopic (exact) mass is 439 g/mol. The van der Waals surface area contributed by atoms with Crippen molar-refractivity contribution in [3.05, 3.63) is 58.4 Å². The number of likely N-dealkylation sites (tertiary alicyclic amines) is 1. The summed E-state index contributed by atoms with van der Waals surface area (Å²) in [6.45, 7) is 1.02. The lowest BCUT2D eigenvalue weighted by atomic mass is 10.2. The lowest BCUT2D eigenvalue weighted by Crippen LogP contribution is -2.28. The molecule has 10 heteroatoms. The molecule has 1 heterocycles. The summed E-state index contributed by atoms with van der Waals surface area (Å²) >= 11 is 5.90. The molecule has 0 aromatic heterocycles. The molecule has 0 radical (unpaired) electrons. The molecule has 1 fully saturated rings. The quantitative estimate of drug-likeness (QED) is 0.748. The molecule has 0 unspecified atom stereocenters.